The van der Waals surface area contributed by atoms with Gasteiger partial charge in [-0.1, -0.05) is 47.7 Å². The quantitative estimate of drug-likeness (QED) is 0.691. The molecule has 0 amide bonds. The first-order valence-electron chi connectivity index (χ1n) is 7.07. The molecule has 0 atom stereocenters. The van der Waals surface area contributed by atoms with Crippen molar-refractivity contribution in [2.45, 2.75) is 12.8 Å². The lowest BCUT2D eigenvalue weighted by Crippen LogP contribution is -2.05. The predicted octanol–water partition coefficient (Wildman–Crippen LogP) is 5.06. The minimum atomic E-state index is -4.40. The van der Waals surface area contributed by atoms with Crippen molar-refractivity contribution < 1.29 is 18.3 Å². The van der Waals surface area contributed by atoms with E-state index in [2.05, 4.69) is 10.3 Å². The third kappa shape index (κ3) is 3.58. The fourth-order valence-corrected chi connectivity index (χ4v) is 3.09. The summed E-state index contributed by atoms with van der Waals surface area (Å²) in [7, 11) is 0. The highest BCUT2D eigenvalue weighted by Crippen LogP contribution is 2.34. The maximum absolute atomic E-state index is 12.8. The molecule has 0 fully saturated rings. The number of aliphatic hydroxyl groups excluding tert-OH is 1. The van der Waals surface area contributed by atoms with Crippen LogP contribution in [0.1, 0.15) is 10.4 Å². The van der Waals surface area contributed by atoms with Crippen LogP contribution < -0.4 is 5.32 Å². The van der Waals surface area contributed by atoms with Crippen molar-refractivity contribution in [2.24, 2.45) is 0 Å². The molecule has 0 saturated carbocycles. The molecule has 0 radical (unpaired) electrons. The number of nitrogens with zero attached hydrogens (tertiary/aromatic N) is 1. The third-order valence-electron chi connectivity index (χ3n) is 3.33. The molecule has 0 aliphatic heterocycles. The Labute approximate surface area is 140 Å². The molecular formula is C17H13F3N2OS. The summed E-state index contributed by atoms with van der Waals surface area (Å²) in [6, 6.07) is 14.2. The van der Waals surface area contributed by atoms with Gasteiger partial charge in [-0.3, -0.25) is 0 Å². The van der Waals surface area contributed by atoms with E-state index in [1.165, 1.54) is 23.5 Å². The summed E-state index contributed by atoms with van der Waals surface area (Å²) in [4.78, 5) is 5.05. The van der Waals surface area contributed by atoms with Crippen molar-refractivity contribution in [2.75, 3.05) is 5.32 Å². The number of halogens is 3. The van der Waals surface area contributed by atoms with Gasteiger partial charge in [0.25, 0.3) is 0 Å². The van der Waals surface area contributed by atoms with Gasteiger partial charge in [0.1, 0.15) is 0 Å². The molecule has 0 bridgehead atoms. The van der Waals surface area contributed by atoms with Gasteiger partial charge >= 0.3 is 6.18 Å². The Morgan fingerprint density at radius 3 is 2.46 bits per heavy atom. The second kappa shape index (κ2) is 6.62. The van der Waals surface area contributed by atoms with Crippen LogP contribution in [0.3, 0.4) is 0 Å². The molecule has 2 aromatic carbocycles. The maximum atomic E-state index is 12.8. The molecule has 0 unspecified atom stereocenters. The van der Waals surface area contributed by atoms with Crippen LogP contribution in [0.25, 0.3) is 11.3 Å². The van der Waals surface area contributed by atoms with Crippen LogP contribution in [-0.2, 0) is 12.8 Å². The zero-order chi connectivity index (χ0) is 17.2. The summed E-state index contributed by atoms with van der Waals surface area (Å²) < 4.78 is 38.3. The van der Waals surface area contributed by atoms with Gasteiger partial charge < -0.3 is 10.4 Å². The molecule has 0 spiro atoms. The van der Waals surface area contributed by atoms with Crippen LogP contribution in [0.5, 0.6) is 0 Å². The number of hydrogen-bond donors (Lipinski definition) is 2. The zero-order valence-corrected chi connectivity index (χ0v) is 13.2. The van der Waals surface area contributed by atoms with E-state index in [-0.39, 0.29) is 6.61 Å². The van der Waals surface area contributed by atoms with E-state index in [4.69, 9.17) is 0 Å². The van der Waals surface area contributed by atoms with Crippen molar-refractivity contribution in [3.05, 3.63) is 65.0 Å². The number of aliphatic hydroxyl groups is 1. The number of thiazole rings is 1. The fourth-order valence-electron chi connectivity index (χ4n) is 2.23. The molecule has 1 aromatic heterocycles. The number of anilines is 2. The Kier molecular flexibility index (Phi) is 4.55. The molecule has 7 heteroatoms. The minimum absolute atomic E-state index is 0.188. The summed E-state index contributed by atoms with van der Waals surface area (Å²) in [5.41, 5.74) is 1.03. The minimum Gasteiger partial charge on any atom is -0.391 e. The van der Waals surface area contributed by atoms with Gasteiger partial charge in [-0.15, -0.1) is 0 Å². The average Bonchev–Trinajstić information content (AvgIpc) is 2.98. The molecular weight excluding hydrogens is 337 g/mol. The molecule has 3 nitrogen and oxygen atoms in total. The normalized spacial score (nSPS) is 11.5. The van der Waals surface area contributed by atoms with E-state index in [0.717, 1.165) is 17.7 Å². The Balaban J connectivity index is 1.90. The largest absolute Gasteiger partial charge is 0.416 e. The lowest BCUT2D eigenvalue weighted by atomic mass is 10.1. The third-order valence-corrected chi connectivity index (χ3v) is 4.28. The number of hydrogen-bond acceptors (Lipinski definition) is 4. The number of aromatic nitrogens is 1. The lowest BCUT2D eigenvalue weighted by molar-refractivity contribution is -0.137. The molecule has 2 N–H and O–H groups in total. The molecule has 0 aliphatic carbocycles. The van der Waals surface area contributed by atoms with Crippen LogP contribution >= 0.6 is 11.3 Å². The average molecular weight is 350 g/mol. The molecule has 3 rings (SSSR count). The van der Waals surface area contributed by atoms with Crippen LogP contribution in [0, 0.1) is 0 Å². The van der Waals surface area contributed by atoms with Crippen LogP contribution in [0.4, 0.5) is 24.0 Å². The summed E-state index contributed by atoms with van der Waals surface area (Å²) in [6.07, 6.45) is -4.40. The first-order valence-corrected chi connectivity index (χ1v) is 7.89. The van der Waals surface area contributed by atoms with Crippen molar-refractivity contribution in [1.29, 1.82) is 0 Å². The lowest BCUT2D eigenvalue weighted by Gasteiger charge is -2.08. The Bertz CT molecular complexity index is 831. The van der Waals surface area contributed by atoms with Crippen molar-refractivity contribution in [3.63, 3.8) is 0 Å². The number of benzene rings is 2. The first kappa shape index (κ1) is 16.5. The topological polar surface area (TPSA) is 45.1 Å². The van der Waals surface area contributed by atoms with Gasteiger partial charge in [-0.2, -0.15) is 13.2 Å². The van der Waals surface area contributed by atoms with Crippen LogP contribution in [0.15, 0.2) is 54.6 Å². The second-order valence-corrected chi connectivity index (χ2v) is 6.10. The molecule has 24 heavy (non-hydrogen) atoms. The highest BCUT2D eigenvalue weighted by molar-refractivity contribution is 7.16. The van der Waals surface area contributed by atoms with Crippen molar-refractivity contribution in [3.8, 4) is 11.3 Å². The fraction of sp³-hybridized carbons (Fsp3) is 0.118. The van der Waals surface area contributed by atoms with E-state index >= 15 is 0 Å². The number of alkyl halides is 3. The highest BCUT2D eigenvalue weighted by atomic mass is 32.1. The van der Waals surface area contributed by atoms with Crippen molar-refractivity contribution >= 4 is 22.2 Å². The SMILES string of the molecule is OCc1sc(Nc2cccc(C(F)(F)F)c2)nc1-c1ccccc1. The smallest absolute Gasteiger partial charge is 0.391 e. The summed E-state index contributed by atoms with van der Waals surface area (Å²) in [5, 5.41) is 12.8. The molecule has 0 aliphatic rings. The van der Waals surface area contributed by atoms with E-state index in [1.807, 2.05) is 30.3 Å². The van der Waals surface area contributed by atoms with E-state index in [1.54, 1.807) is 0 Å². The standard InChI is InChI=1S/C17H13F3N2OS/c18-17(19,20)12-7-4-8-13(9-12)21-16-22-15(14(10-23)24-16)11-5-2-1-3-6-11/h1-9,23H,10H2,(H,21,22). The van der Waals surface area contributed by atoms with E-state index in [0.29, 0.717) is 21.4 Å². The van der Waals surface area contributed by atoms with Gasteiger partial charge in [-0.25, -0.2) is 4.98 Å². The Morgan fingerprint density at radius 2 is 1.79 bits per heavy atom. The van der Waals surface area contributed by atoms with E-state index in [9.17, 15) is 18.3 Å². The maximum Gasteiger partial charge on any atom is 0.416 e. The van der Waals surface area contributed by atoms with Gasteiger partial charge in [0.15, 0.2) is 5.13 Å². The van der Waals surface area contributed by atoms with Gasteiger partial charge in [0.05, 0.1) is 22.7 Å². The van der Waals surface area contributed by atoms with E-state index < -0.39 is 11.7 Å². The summed E-state index contributed by atoms with van der Waals surface area (Å²) in [6.45, 7) is -0.188. The molecule has 124 valence electrons. The predicted molar refractivity (Wildman–Crippen MR) is 88.2 cm³/mol. The molecule has 3 aromatic rings. The van der Waals surface area contributed by atoms with Crippen LogP contribution in [0.2, 0.25) is 0 Å². The Hall–Kier alpha value is -2.38. The number of nitrogens with one attached hydrogen (secondary N) is 1. The summed E-state index contributed by atoms with van der Waals surface area (Å²) >= 11 is 1.21. The van der Waals surface area contributed by atoms with Gasteiger partial charge in [0, 0.05) is 11.3 Å². The highest BCUT2D eigenvalue weighted by Gasteiger charge is 2.30. The Morgan fingerprint density at radius 1 is 1.04 bits per heavy atom. The molecule has 1 heterocycles. The molecule has 0 saturated heterocycles. The van der Waals surface area contributed by atoms with Crippen molar-refractivity contribution in [1.82, 2.24) is 4.98 Å². The van der Waals surface area contributed by atoms with Gasteiger partial charge in [0.2, 0.25) is 0 Å². The van der Waals surface area contributed by atoms with Gasteiger partial charge in [-0.05, 0) is 18.2 Å². The first-order chi connectivity index (χ1) is 11.5. The second-order valence-electron chi connectivity index (χ2n) is 5.02. The number of rotatable bonds is 4. The zero-order valence-electron chi connectivity index (χ0n) is 12.3. The monoisotopic (exact) mass is 350 g/mol. The van der Waals surface area contributed by atoms with Crippen LogP contribution in [-0.4, -0.2) is 10.1 Å². The summed E-state index contributed by atoms with van der Waals surface area (Å²) in [5.74, 6) is 0.